The highest BCUT2D eigenvalue weighted by Gasteiger charge is 2.20. The lowest BCUT2D eigenvalue weighted by Crippen LogP contribution is -2.14. The number of Topliss-reactive ketones (excluding diaryl/α,β-unsaturated/α-hetero) is 1. The van der Waals surface area contributed by atoms with Crippen LogP contribution in [0.5, 0.6) is 0 Å². The van der Waals surface area contributed by atoms with Gasteiger partial charge in [0.25, 0.3) is 0 Å². The zero-order valence-corrected chi connectivity index (χ0v) is 6.71. The van der Waals surface area contributed by atoms with Crippen LogP contribution in [0.25, 0.3) is 0 Å². The van der Waals surface area contributed by atoms with Crippen molar-refractivity contribution in [2.24, 2.45) is 0 Å². The zero-order valence-electron chi connectivity index (χ0n) is 6.71. The summed E-state index contributed by atoms with van der Waals surface area (Å²) in [5.41, 5.74) is -0.532. The van der Waals surface area contributed by atoms with Crippen molar-refractivity contribution in [3.8, 4) is 6.07 Å². The summed E-state index contributed by atoms with van der Waals surface area (Å²) in [5.74, 6) is -1.44. The van der Waals surface area contributed by atoms with Gasteiger partial charge in [0, 0.05) is 20.3 Å². The summed E-state index contributed by atoms with van der Waals surface area (Å²) in [6.45, 7) is 0. The average Bonchev–Trinajstić information content (AvgIpc) is 1.98. The SMILES string of the molecule is CN(C)/C=C(/C#N)C(=O)C(F)F. The van der Waals surface area contributed by atoms with Crippen LogP contribution in [0.4, 0.5) is 8.78 Å². The Morgan fingerprint density at radius 1 is 1.58 bits per heavy atom. The fourth-order valence-corrected chi connectivity index (χ4v) is 0.523. The number of allylic oxidation sites excluding steroid dienone is 1. The van der Waals surface area contributed by atoms with E-state index in [0.717, 1.165) is 6.20 Å². The number of halogens is 2. The normalized spacial score (nSPS) is 11.2. The molecule has 0 aromatic heterocycles. The van der Waals surface area contributed by atoms with Gasteiger partial charge < -0.3 is 4.90 Å². The second-order valence-electron chi connectivity index (χ2n) is 2.28. The molecule has 0 saturated carbocycles. The van der Waals surface area contributed by atoms with Crippen molar-refractivity contribution in [3.63, 3.8) is 0 Å². The Balaban J connectivity index is 4.60. The van der Waals surface area contributed by atoms with Crippen LogP contribution in [-0.2, 0) is 4.79 Å². The maximum atomic E-state index is 11.8. The van der Waals surface area contributed by atoms with Crippen LogP contribution >= 0.6 is 0 Å². The molecule has 0 aliphatic rings. The molecule has 0 rings (SSSR count). The van der Waals surface area contributed by atoms with Crippen LogP contribution in [0, 0.1) is 11.3 Å². The van der Waals surface area contributed by atoms with Gasteiger partial charge in [-0.05, 0) is 0 Å². The molecule has 0 radical (unpaired) electrons. The van der Waals surface area contributed by atoms with Gasteiger partial charge in [-0.15, -0.1) is 0 Å². The number of carbonyl (C=O) groups excluding carboxylic acids is 1. The summed E-state index contributed by atoms with van der Waals surface area (Å²) in [7, 11) is 3.08. The van der Waals surface area contributed by atoms with E-state index < -0.39 is 17.8 Å². The molecule has 0 heterocycles. The summed E-state index contributed by atoms with van der Waals surface area (Å²) in [6, 6.07) is 1.40. The van der Waals surface area contributed by atoms with Gasteiger partial charge >= 0.3 is 6.43 Å². The third kappa shape index (κ3) is 3.10. The van der Waals surface area contributed by atoms with Gasteiger partial charge in [0.1, 0.15) is 11.6 Å². The van der Waals surface area contributed by atoms with E-state index >= 15 is 0 Å². The Morgan fingerprint density at radius 2 is 2.08 bits per heavy atom. The number of hydrogen-bond donors (Lipinski definition) is 0. The van der Waals surface area contributed by atoms with E-state index in [1.165, 1.54) is 25.1 Å². The van der Waals surface area contributed by atoms with E-state index in [9.17, 15) is 13.6 Å². The molecule has 0 aliphatic carbocycles. The second kappa shape index (κ2) is 4.44. The first-order valence-corrected chi connectivity index (χ1v) is 3.09. The standard InChI is InChI=1S/C7H8F2N2O/c1-11(2)4-5(3-10)6(12)7(8)9/h4,7H,1-2H3/b5-4-. The van der Waals surface area contributed by atoms with Crippen molar-refractivity contribution >= 4 is 5.78 Å². The highest BCUT2D eigenvalue weighted by molar-refractivity contribution is 6.01. The van der Waals surface area contributed by atoms with E-state index in [0.29, 0.717) is 0 Å². The maximum Gasteiger partial charge on any atom is 0.301 e. The van der Waals surface area contributed by atoms with Crippen molar-refractivity contribution < 1.29 is 13.6 Å². The first-order chi connectivity index (χ1) is 5.49. The van der Waals surface area contributed by atoms with E-state index in [4.69, 9.17) is 5.26 Å². The second-order valence-corrected chi connectivity index (χ2v) is 2.28. The number of alkyl halides is 2. The van der Waals surface area contributed by atoms with Gasteiger partial charge in [-0.2, -0.15) is 5.26 Å². The first kappa shape index (κ1) is 10.6. The monoisotopic (exact) mass is 174 g/mol. The Hall–Kier alpha value is -1.44. The minimum absolute atomic E-state index is 0.532. The van der Waals surface area contributed by atoms with Crippen molar-refractivity contribution in [2.75, 3.05) is 14.1 Å². The molecule has 0 aromatic carbocycles. The molecular formula is C7H8F2N2O. The van der Waals surface area contributed by atoms with Crippen LogP contribution in [0.15, 0.2) is 11.8 Å². The number of ketones is 1. The highest BCUT2D eigenvalue weighted by Crippen LogP contribution is 2.04. The lowest BCUT2D eigenvalue weighted by Gasteiger charge is -2.04. The van der Waals surface area contributed by atoms with Crippen molar-refractivity contribution in [1.29, 1.82) is 5.26 Å². The highest BCUT2D eigenvalue weighted by atomic mass is 19.3. The maximum absolute atomic E-state index is 11.8. The molecule has 0 N–H and O–H groups in total. The first-order valence-electron chi connectivity index (χ1n) is 3.09. The van der Waals surface area contributed by atoms with Gasteiger partial charge in [0.2, 0.25) is 5.78 Å². The number of carbonyl (C=O) groups is 1. The van der Waals surface area contributed by atoms with E-state index in [1.807, 2.05) is 0 Å². The molecule has 0 spiro atoms. The Bertz CT molecular complexity index is 240. The number of nitriles is 1. The van der Waals surface area contributed by atoms with Gasteiger partial charge in [-0.25, -0.2) is 8.78 Å². The number of nitrogens with zero attached hydrogens (tertiary/aromatic N) is 2. The van der Waals surface area contributed by atoms with E-state index in [1.54, 1.807) is 0 Å². The molecule has 0 amide bonds. The fraction of sp³-hybridized carbons (Fsp3) is 0.429. The molecule has 0 saturated heterocycles. The molecule has 0 unspecified atom stereocenters. The van der Waals surface area contributed by atoms with E-state index in [2.05, 4.69) is 0 Å². The summed E-state index contributed by atoms with van der Waals surface area (Å²) >= 11 is 0. The van der Waals surface area contributed by atoms with Gasteiger partial charge in [-0.3, -0.25) is 4.79 Å². The Morgan fingerprint density at radius 3 is 2.33 bits per heavy atom. The summed E-state index contributed by atoms with van der Waals surface area (Å²) < 4.78 is 23.5. The lowest BCUT2D eigenvalue weighted by molar-refractivity contribution is -0.125. The molecule has 0 fully saturated rings. The van der Waals surface area contributed by atoms with E-state index in [-0.39, 0.29) is 0 Å². The molecule has 0 aliphatic heterocycles. The van der Waals surface area contributed by atoms with Crippen LogP contribution in [0.1, 0.15) is 0 Å². The molecule has 0 atom stereocenters. The topological polar surface area (TPSA) is 44.1 Å². The number of rotatable bonds is 3. The Kier molecular flexibility index (Phi) is 3.91. The average molecular weight is 174 g/mol. The predicted octanol–water partition coefficient (Wildman–Crippen LogP) is 0.790. The molecule has 0 bridgehead atoms. The molecular weight excluding hydrogens is 166 g/mol. The van der Waals surface area contributed by atoms with Gasteiger partial charge in [-0.1, -0.05) is 0 Å². The van der Waals surface area contributed by atoms with Crippen molar-refractivity contribution in [2.45, 2.75) is 6.43 Å². The van der Waals surface area contributed by atoms with Crippen LogP contribution in [0.2, 0.25) is 0 Å². The zero-order chi connectivity index (χ0) is 9.72. The predicted molar refractivity (Wildman–Crippen MR) is 38.4 cm³/mol. The number of hydrogen-bond acceptors (Lipinski definition) is 3. The van der Waals surface area contributed by atoms with Gasteiger partial charge in [0.05, 0.1) is 0 Å². The largest absolute Gasteiger partial charge is 0.382 e. The minimum Gasteiger partial charge on any atom is -0.382 e. The molecule has 0 aromatic rings. The lowest BCUT2D eigenvalue weighted by atomic mass is 10.2. The Labute approximate surface area is 68.9 Å². The minimum atomic E-state index is -3.11. The molecule has 66 valence electrons. The van der Waals surface area contributed by atoms with Crippen LogP contribution in [0.3, 0.4) is 0 Å². The molecule has 5 heteroatoms. The summed E-state index contributed by atoms with van der Waals surface area (Å²) in [6.07, 6.45) is -2.05. The quantitative estimate of drug-likeness (QED) is 0.469. The van der Waals surface area contributed by atoms with Crippen molar-refractivity contribution in [1.82, 2.24) is 4.90 Å². The van der Waals surface area contributed by atoms with Crippen LogP contribution < -0.4 is 0 Å². The summed E-state index contributed by atoms with van der Waals surface area (Å²) in [4.78, 5) is 11.9. The summed E-state index contributed by atoms with van der Waals surface area (Å²) in [5, 5.41) is 8.30. The van der Waals surface area contributed by atoms with Crippen molar-refractivity contribution in [3.05, 3.63) is 11.8 Å². The smallest absolute Gasteiger partial charge is 0.301 e. The van der Waals surface area contributed by atoms with Gasteiger partial charge in [0.15, 0.2) is 0 Å². The third-order valence-electron chi connectivity index (χ3n) is 0.971. The third-order valence-corrected chi connectivity index (χ3v) is 0.971. The molecule has 3 nitrogen and oxygen atoms in total. The molecule has 12 heavy (non-hydrogen) atoms. The van der Waals surface area contributed by atoms with Crippen LogP contribution in [-0.4, -0.2) is 31.2 Å². The fourth-order valence-electron chi connectivity index (χ4n) is 0.523.